The number of halogens is 4. The van der Waals surface area contributed by atoms with Crippen LogP contribution in [0.15, 0.2) is 42.5 Å². The number of ether oxygens (including phenoxy) is 1. The minimum absolute atomic E-state index is 0.0676. The van der Waals surface area contributed by atoms with Gasteiger partial charge in [-0.25, -0.2) is 4.39 Å². The van der Waals surface area contributed by atoms with Gasteiger partial charge in [0.25, 0.3) is 0 Å². The van der Waals surface area contributed by atoms with Gasteiger partial charge in [0.1, 0.15) is 6.61 Å². The normalized spacial score (nSPS) is 18.4. The van der Waals surface area contributed by atoms with Crippen LogP contribution in [0.4, 0.5) is 17.6 Å². The van der Waals surface area contributed by atoms with Crippen molar-refractivity contribution in [2.45, 2.75) is 51.7 Å². The molecule has 1 saturated heterocycles. The molecule has 0 bridgehead atoms. The third-order valence-corrected chi connectivity index (χ3v) is 5.14. The quantitative estimate of drug-likeness (QED) is 0.553. The van der Waals surface area contributed by atoms with E-state index in [9.17, 15) is 13.2 Å². The smallest absolute Gasteiger partial charge is 0.486 e. The number of benzene rings is 2. The molecule has 0 spiro atoms. The van der Waals surface area contributed by atoms with Crippen molar-refractivity contribution in [3.8, 4) is 5.75 Å². The molecule has 3 nitrogen and oxygen atoms in total. The first-order valence-corrected chi connectivity index (χ1v) is 8.84. The summed E-state index contributed by atoms with van der Waals surface area (Å²) in [6.45, 7) is 6.90. The van der Waals surface area contributed by atoms with Crippen molar-refractivity contribution >= 4 is 12.6 Å². The van der Waals surface area contributed by atoms with Gasteiger partial charge in [-0.3, -0.25) is 0 Å². The van der Waals surface area contributed by atoms with E-state index >= 15 is 4.39 Å². The van der Waals surface area contributed by atoms with E-state index in [1.807, 2.05) is 0 Å². The van der Waals surface area contributed by atoms with E-state index in [0.29, 0.717) is 17.7 Å². The molecule has 0 N–H and O–H groups in total. The molecule has 2 aromatic rings. The fourth-order valence-corrected chi connectivity index (χ4v) is 2.76. The SMILES string of the molecule is CC1(C)OB(c2cc(C(F)(F)F)cc(OCc3ccccc3)c2F)OC1(C)C. The molecule has 0 amide bonds. The predicted molar refractivity (Wildman–Crippen MR) is 97.9 cm³/mol. The molecule has 0 atom stereocenters. The Bertz CT molecular complexity index is 835. The Morgan fingerprint density at radius 1 is 0.964 bits per heavy atom. The highest BCUT2D eigenvalue weighted by atomic mass is 19.4. The molecule has 1 heterocycles. The van der Waals surface area contributed by atoms with E-state index in [1.54, 1.807) is 58.0 Å². The van der Waals surface area contributed by atoms with Crippen molar-refractivity contribution in [1.82, 2.24) is 0 Å². The summed E-state index contributed by atoms with van der Waals surface area (Å²) in [7, 11) is -1.27. The highest BCUT2D eigenvalue weighted by Crippen LogP contribution is 2.38. The third kappa shape index (κ3) is 4.03. The van der Waals surface area contributed by atoms with Gasteiger partial charge in [0.2, 0.25) is 0 Å². The standard InChI is InChI=1S/C20H21BF4O3/c1-18(2)19(3,4)28-21(27-18)15-10-14(20(23,24)25)11-16(17(15)22)26-12-13-8-6-5-7-9-13/h5-11H,12H2,1-4H3. The zero-order chi connectivity index (χ0) is 20.7. The van der Waals surface area contributed by atoms with Crippen LogP contribution in [0, 0.1) is 5.82 Å². The Hall–Kier alpha value is -2.06. The largest absolute Gasteiger partial charge is 0.498 e. The highest BCUT2D eigenvalue weighted by Gasteiger charge is 2.53. The second kappa shape index (κ2) is 7.08. The maximum absolute atomic E-state index is 15.0. The molecular weight excluding hydrogens is 375 g/mol. The molecule has 1 aliphatic rings. The van der Waals surface area contributed by atoms with Crippen LogP contribution in [0.2, 0.25) is 0 Å². The van der Waals surface area contributed by atoms with Crippen molar-refractivity contribution in [3.05, 3.63) is 59.4 Å². The summed E-state index contributed by atoms with van der Waals surface area (Å²) in [6, 6.07) is 10.2. The Labute approximate surface area is 161 Å². The summed E-state index contributed by atoms with van der Waals surface area (Å²) in [5.41, 5.74) is -2.29. The lowest BCUT2D eigenvalue weighted by Crippen LogP contribution is -2.41. The van der Waals surface area contributed by atoms with E-state index in [1.165, 1.54) is 0 Å². The number of alkyl halides is 3. The van der Waals surface area contributed by atoms with Gasteiger partial charge in [0, 0.05) is 5.46 Å². The molecule has 0 radical (unpaired) electrons. The molecule has 0 saturated carbocycles. The summed E-state index contributed by atoms with van der Waals surface area (Å²) < 4.78 is 72.0. The summed E-state index contributed by atoms with van der Waals surface area (Å²) in [6.07, 6.45) is -4.67. The van der Waals surface area contributed by atoms with Crippen molar-refractivity contribution in [2.24, 2.45) is 0 Å². The average Bonchev–Trinajstić information content (AvgIpc) is 2.81. The molecule has 1 fully saturated rings. The zero-order valence-electron chi connectivity index (χ0n) is 16.1. The van der Waals surface area contributed by atoms with Crippen LogP contribution in [-0.2, 0) is 22.1 Å². The molecule has 0 aliphatic carbocycles. The van der Waals surface area contributed by atoms with Crippen LogP contribution in [0.25, 0.3) is 0 Å². The minimum atomic E-state index is -4.67. The predicted octanol–water partition coefficient (Wildman–Crippen LogP) is 4.72. The lowest BCUT2D eigenvalue weighted by atomic mass is 9.77. The monoisotopic (exact) mass is 396 g/mol. The molecule has 1 aliphatic heterocycles. The van der Waals surface area contributed by atoms with Gasteiger partial charge < -0.3 is 14.0 Å². The van der Waals surface area contributed by atoms with E-state index in [4.69, 9.17) is 14.0 Å². The van der Waals surface area contributed by atoms with Crippen molar-refractivity contribution in [3.63, 3.8) is 0 Å². The van der Waals surface area contributed by atoms with Gasteiger partial charge in [-0.05, 0) is 45.4 Å². The number of hydrogen-bond donors (Lipinski definition) is 0. The van der Waals surface area contributed by atoms with Gasteiger partial charge in [-0.2, -0.15) is 13.2 Å². The first kappa shape index (κ1) is 20.7. The van der Waals surface area contributed by atoms with Crippen molar-refractivity contribution < 1.29 is 31.6 Å². The third-order valence-electron chi connectivity index (χ3n) is 5.14. The molecule has 2 aromatic carbocycles. The molecule has 150 valence electrons. The van der Waals surface area contributed by atoms with Gasteiger partial charge in [-0.15, -0.1) is 0 Å². The zero-order valence-corrected chi connectivity index (χ0v) is 16.1. The van der Waals surface area contributed by atoms with Crippen LogP contribution in [0.5, 0.6) is 5.75 Å². The fourth-order valence-electron chi connectivity index (χ4n) is 2.76. The van der Waals surface area contributed by atoms with Crippen LogP contribution < -0.4 is 10.2 Å². The summed E-state index contributed by atoms with van der Waals surface area (Å²) in [5, 5.41) is 0. The summed E-state index contributed by atoms with van der Waals surface area (Å²) >= 11 is 0. The topological polar surface area (TPSA) is 27.7 Å². The maximum atomic E-state index is 15.0. The van der Waals surface area contributed by atoms with E-state index < -0.39 is 41.6 Å². The average molecular weight is 396 g/mol. The molecule has 3 rings (SSSR count). The van der Waals surface area contributed by atoms with Gasteiger partial charge in [0.15, 0.2) is 11.6 Å². The molecule has 28 heavy (non-hydrogen) atoms. The second-order valence-corrected chi connectivity index (χ2v) is 7.74. The number of hydrogen-bond acceptors (Lipinski definition) is 3. The Morgan fingerprint density at radius 2 is 1.54 bits per heavy atom. The van der Waals surface area contributed by atoms with E-state index in [-0.39, 0.29) is 12.1 Å². The molecule has 8 heteroatoms. The Morgan fingerprint density at radius 3 is 2.07 bits per heavy atom. The van der Waals surface area contributed by atoms with Crippen LogP contribution in [0.1, 0.15) is 38.8 Å². The fraction of sp³-hybridized carbons (Fsp3) is 0.400. The van der Waals surface area contributed by atoms with Crippen molar-refractivity contribution in [1.29, 1.82) is 0 Å². The van der Waals surface area contributed by atoms with Gasteiger partial charge >= 0.3 is 13.3 Å². The van der Waals surface area contributed by atoms with Gasteiger partial charge in [0.05, 0.1) is 16.8 Å². The van der Waals surface area contributed by atoms with Crippen LogP contribution >= 0.6 is 0 Å². The van der Waals surface area contributed by atoms with Crippen LogP contribution in [-0.4, -0.2) is 18.3 Å². The molecular formula is C20H21BF4O3. The molecule has 0 unspecified atom stereocenters. The summed E-state index contributed by atoms with van der Waals surface area (Å²) in [4.78, 5) is 0. The van der Waals surface area contributed by atoms with E-state index in [2.05, 4.69) is 0 Å². The molecule has 0 aromatic heterocycles. The maximum Gasteiger partial charge on any atom is 0.498 e. The lowest BCUT2D eigenvalue weighted by molar-refractivity contribution is -0.137. The first-order chi connectivity index (χ1) is 12.9. The Kier molecular flexibility index (Phi) is 5.23. The van der Waals surface area contributed by atoms with Crippen LogP contribution in [0.3, 0.4) is 0 Å². The first-order valence-electron chi connectivity index (χ1n) is 8.84. The second-order valence-electron chi connectivity index (χ2n) is 7.74. The Balaban J connectivity index is 1.98. The summed E-state index contributed by atoms with van der Waals surface area (Å²) in [5.74, 6) is -1.43. The minimum Gasteiger partial charge on any atom is -0.486 e. The van der Waals surface area contributed by atoms with Crippen molar-refractivity contribution in [2.75, 3.05) is 0 Å². The highest BCUT2D eigenvalue weighted by molar-refractivity contribution is 6.62. The lowest BCUT2D eigenvalue weighted by Gasteiger charge is -2.32. The van der Waals surface area contributed by atoms with Gasteiger partial charge in [-0.1, -0.05) is 30.3 Å². The van der Waals surface area contributed by atoms with E-state index in [0.717, 1.165) is 0 Å². The number of rotatable bonds is 4.